The van der Waals surface area contributed by atoms with Crippen LogP contribution in [0.2, 0.25) is 0 Å². The van der Waals surface area contributed by atoms with Crippen LogP contribution < -0.4 is 0 Å². The molecule has 0 aliphatic heterocycles. The summed E-state index contributed by atoms with van der Waals surface area (Å²) >= 11 is 0. The van der Waals surface area contributed by atoms with Crippen LogP contribution in [0.25, 0.3) is 72.7 Å². The number of rotatable bonds is 6. The van der Waals surface area contributed by atoms with E-state index in [1.807, 2.05) is 12.3 Å². The summed E-state index contributed by atoms with van der Waals surface area (Å²) in [4.78, 5) is 10.5. The van der Waals surface area contributed by atoms with Crippen molar-refractivity contribution in [2.75, 3.05) is 0 Å². The molecule has 0 aliphatic rings. The second-order valence-electron chi connectivity index (χ2n) is 19.1. The van der Waals surface area contributed by atoms with Gasteiger partial charge in [-0.1, -0.05) is 153 Å². The zero-order chi connectivity index (χ0) is 41.9. The standard InChI is InChI=1S/C55H55N3O/c1-35-28-43(24-25-44(35)37-20-15-12-16-21-37)58-49-23-17-22-45(50(49)57-52(58)46-33-42(54(5,6)7)34-47(51(46)59)55(8,9)10)39-29-40(31-41(30-39)53(2,3)4)48-32-38(26-27-56-48)36-18-13-11-14-19-36/h11-34,59H,1-10H3. The van der Waals surface area contributed by atoms with Crippen LogP contribution >= 0.6 is 0 Å². The summed E-state index contributed by atoms with van der Waals surface area (Å²) in [7, 11) is 0. The molecular formula is C55H55N3O. The van der Waals surface area contributed by atoms with E-state index in [9.17, 15) is 5.11 Å². The van der Waals surface area contributed by atoms with Crippen LogP contribution in [0.1, 0.15) is 84.6 Å². The number of imidazole rings is 1. The number of aryl methyl sites for hydroxylation is 1. The molecule has 1 N–H and O–H groups in total. The van der Waals surface area contributed by atoms with Gasteiger partial charge in [0, 0.05) is 28.6 Å². The summed E-state index contributed by atoms with van der Waals surface area (Å²) < 4.78 is 2.24. The Bertz CT molecular complexity index is 2830. The Kier molecular flexibility index (Phi) is 9.95. The lowest BCUT2D eigenvalue weighted by atomic mass is 9.79. The maximum atomic E-state index is 12.3. The molecule has 0 bridgehead atoms. The third kappa shape index (κ3) is 7.72. The Morgan fingerprint density at radius 1 is 0.492 bits per heavy atom. The fraction of sp³-hybridized carbons (Fsp3) is 0.236. The summed E-state index contributed by atoms with van der Waals surface area (Å²) in [6, 6.07) is 49.6. The maximum Gasteiger partial charge on any atom is 0.149 e. The van der Waals surface area contributed by atoms with Crippen LogP contribution in [0.4, 0.5) is 0 Å². The molecule has 4 nitrogen and oxygen atoms in total. The molecule has 0 aliphatic carbocycles. The minimum Gasteiger partial charge on any atom is -0.507 e. The molecule has 0 amide bonds. The van der Waals surface area contributed by atoms with Gasteiger partial charge in [0.05, 0.1) is 22.3 Å². The zero-order valence-electron chi connectivity index (χ0n) is 36.1. The first kappa shape index (κ1) is 39.6. The van der Waals surface area contributed by atoms with Gasteiger partial charge in [-0.2, -0.15) is 0 Å². The van der Waals surface area contributed by atoms with Crippen molar-refractivity contribution in [1.82, 2.24) is 14.5 Å². The van der Waals surface area contributed by atoms with E-state index in [2.05, 4.69) is 207 Å². The average molecular weight is 774 g/mol. The van der Waals surface area contributed by atoms with Crippen molar-refractivity contribution in [3.05, 3.63) is 168 Å². The van der Waals surface area contributed by atoms with Crippen molar-refractivity contribution in [2.45, 2.75) is 85.5 Å². The van der Waals surface area contributed by atoms with Crippen molar-refractivity contribution in [3.63, 3.8) is 0 Å². The molecule has 8 rings (SSSR count). The number of phenols is 1. The number of phenolic OH excluding ortho intramolecular Hbond substituents is 1. The normalized spacial score (nSPS) is 12.3. The maximum absolute atomic E-state index is 12.3. The molecule has 0 fully saturated rings. The van der Waals surface area contributed by atoms with E-state index < -0.39 is 0 Å². The third-order valence-electron chi connectivity index (χ3n) is 11.5. The van der Waals surface area contributed by atoms with Crippen molar-refractivity contribution < 1.29 is 5.11 Å². The first-order valence-corrected chi connectivity index (χ1v) is 20.7. The summed E-state index contributed by atoms with van der Waals surface area (Å²) in [5.74, 6) is 0.973. The van der Waals surface area contributed by atoms with Crippen molar-refractivity contribution in [3.8, 4) is 67.5 Å². The summed E-state index contributed by atoms with van der Waals surface area (Å²) in [5.41, 5.74) is 16.1. The molecule has 2 aromatic heterocycles. The quantitative estimate of drug-likeness (QED) is 0.183. The van der Waals surface area contributed by atoms with E-state index in [-0.39, 0.29) is 22.0 Å². The van der Waals surface area contributed by atoms with Gasteiger partial charge in [0.2, 0.25) is 0 Å². The Balaban J connectivity index is 1.41. The highest BCUT2D eigenvalue weighted by atomic mass is 16.3. The molecule has 0 unspecified atom stereocenters. The Morgan fingerprint density at radius 2 is 1.14 bits per heavy atom. The second kappa shape index (κ2) is 14.8. The first-order chi connectivity index (χ1) is 28.0. The van der Waals surface area contributed by atoms with Crippen molar-refractivity contribution in [2.24, 2.45) is 0 Å². The van der Waals surface area contributed by atoms with Gasteiger partial charge in [-0.05, 0) is 116 Å². The van der Waals surface area contributed by atoms with Crippen LogP contribution in [-0.4, -0.2) is 19.6 Å². The van der Waals surface area contributed by atoms with Crippen LogP contribution in [0.15, 0.2) is 146 Å². The summed E-state index contributed by atoms with van der Waals surface area (Å²) in [6.07, 6.45) is 1.91. The highest BCUT2D eigenvalue weighted by Crippen LogP contribution is 2.45. The second-order valence-corrected chi connectivity index (χ2v) is 19.1. The molecule has 0 radical (unpaired) electrons. The topological polar surface area (TPSA) is 50.9 Å². The van der Waals surface area contributed by atoms with Gasteiger partial charge < -0.3 is 5.11 Å². The van der Waals surface area contributed by atoms with E-state index >= 15 is 0 Å². The minimum absolute atomic E-state index is 0.124. The zero-order valence-corrected chi connectivity index (χ0v) is 36.1. The Morgan fingerprint density at radius 3 is 1.78 bits per heavy atom. The van der Waals surface area contributed by atoms with Crippen molar-refractivity contribution in [1.29, 1.82) is 0 Å². The van der Waals surface area contributed by atoms with Gasteiger partial charge in [-0.3, -0.25) is 9.55 Å². The van der Waals surface area contributed by atoms with E-state index in [4.69, 9.17) is 9.97 Å². The lowest BCUT2D eigenvalue weighted by Gasteiger charge is -2.27. The SMILES string of the molecule is Cc1cc(-n2c(-c3cc(C(C)(C)C)cc(C(C)(C)C)c3O)nc3c(-c4cc(-c5cc(-c6ccccc6)ccn5)cc(C(C)(C)C)c4)cccc32)ccc1-c1ccccc1. The smallest absolute Gasteiger partial charge is 0.149 e. The fourth-order valence-electron chi connectivity index (χ4n) is 8.08. The monoisotopic (exact) mass is 773 g/mol. The predicted molar refractivity (Wildman–Crippen MR) is 249 cm³/mol. The summed E-state index contributed by atoms with van der Waals surface area (Å²) in [5, 5.41) is 12.3. The lowest BCUT2D eigenvalue weighted by molar-refractivity contribution is 0.446. The van der Waals surface area contributed by atoms with Crippen LogP contribution in [0.3, 0.4) is 0 Å². The van der Waals surface area contributed by atoms with Gasteiger partial charge in [0.15, 0.2) is 0 Å². The van der Waals surface area contributed by atoms with E-state index in [1.54, 1.807) is 0 Å². The van der Waals surface area contributed by atoms with Gasteiger partial charge in [0.25, 0.3) is 0 Å². The number of para-hydroxylation sites is 1. The number of hydrogen-bond acceptors (Lipinski definition) is 3. The number of nitrogens with zero attached hydrogens (tertiary/aromatic N) is 3. The largest absolute Gasteiger partial charge is 0.507 e. The molecule has 8 aromatic rings. The number of hydrogen-bond donors (Lipinski definition) is 1. The minimum atomic E-state index is -0.300. The number of fused-ring (bicyclic) bond motifs is 1. The third-order valence-corrected chi connectivity index (χ3v) is 11.5. The molecule has 0 spiro atoms. The highest BCUT2D eigenvalue weighted by molar-refractivity contribution is 5.97. The molecule has 0 saturated carbocycles. The first-order valence-electron chi connectivity index (χ1n) is 20.7. The van der Waals surface area contributed by atoms with Gasteiger partial charge in [0.1, 0.15) is 11.6 Å². The Hall–Kier alpha value is -6.26. The number of benzene rings is 6. The number of aromatic hydroxyl groups is 1. The number of aromatic nitrogens is 3. The van der Waals surface area contributed by atoms with Crippen LogP contribution in [-0.2, 0) is 16.2 Å². The molecular weight excluding hydrogens is 719 g/mol. The van der Waals surface area contributed by atoms with Crippen molar-refractivity contribution >= 4 is 11.0 Å². The van der Waals surface area contributed by atoms with Gasteiger partial charge in [-0.15, -0.1) is 0 Å². The number of pyridine rings is 1. The fourth-order valence-corrected chi connectivity index (χ4v) is 8.08. The van der Waals surface area contributed by atoms with Gasteiger partial charge >= 0.3 is 0 Å². The van der Waals surface area contributed by atoms with E-state index in [0.29, 0.717) is 5.82 Å². The van der Waals surface area contributed by atoms with E-state index in [0.717, 1.165) is 72.5 Å². The lowest BCUT2D eigenvalue weighted by Crippen LogP contribution is -2.17. The molecule has 2 heterocycles. The highest BCUT2D eigenvalue weighted by Gasteiger charge is 2.29. The molecule has 59 heavy (non-hydrogen) atoms. The van der Waals surface area contributed by atoms with Gasteiger partial charge in [-0.25, -0.2) is 4.98 Å². The molecule has 4 heteroatoms. The average Bonchev–Trinajstić information content (AvgIpc) is 3.60. The molecule has 0 saturated heterocycles. The predicted octanol–water partition coefficient (Wildman–Crippen LogP) is 14.7. The Labute approximate surface area is 350 Å². The molecule has 6 aromatic carbocycles. The molecule has 0 atom stereocenters. The summed E-state index contributed by atoms with van der Waals surface area (Å²) in [6.45, 7) is 22.1. The van der Waals surface area contributed by atoms with Crippen LogP contribution in [0.5, 0.6) is 5.75 Å². The van der Waals surface area contributed by atoms with Crippen LogP contribution in [0, 0.1) is 6.92 Å². The molecule has 296 valence electrons. The van der Waals surface area contributed by atoms with E-state index in [1.165, 1.54) is 16.7 Å².